The zero-order valence-electron chi connectivity index (χ0n) is 9.43. The molecule has 1 aliphatic rings. The number of hydrogen-bond acceptors (Lipinski definition) is 2. The van der Waals surface area contributed by atoms with Gasteiger partial charge in [0.1, 0.15) is 0 Å². The minimum absolute atomic E-state index is 0.661. The Balaban J connectivity index is 2.02. The molecule has 1 aromatic heterocycles. The molecule has 0 bridgehead atoms. The van der Waals surface area contributed by atoms with Gasteiger partial charge in [0.15, 0.2) is 0 Å². The summed E-state index contributed by atoms with van der Waals surface area (Å²) in [6, 6.07) is 14.0. The van der Waals surface area contributed by atoms with Crippen LogP contribution in [0.5, 0.6) is 0 Å². The third-order valence-electron chi connectivity index (χ3n) is 3.10. The molecule has 1 aromatic carbocycles. The van der Waals surface area contributed by atoms with E-state index in [0.717, 1.165) is 11.1 Å². The number of hydrogen-bond donors (Lipinski definition) is 0. The van der Waals surface area contributed by atoms with Gasteiger partial charge in [0.05, 0.1) is 11.6 Å². The van der Waals surface area contributed by atoms with Gasteiger partial charge >= 0.3 is 0 Å². The van der Waals surface area contributed by atoms with Crippen LogP contribution in [0.3, 0.4) is 0 Å². The molecule has 1 heterocycles. The Bertz CT molecular complexity index is 592. The third-order valence-corrected chi connectivity index (χ3v) is 3.10. The second kappa shape index (κ2) is 4.03. The smallest absolute Gasteiger partial charge is 0.0991 e. The van der Waals surface area contributed by atoms with Crippen LogP contribution in [0.25, 0.3) is 11.1 Å². The van der Waals surface area contributed by atoms with Crippen LogP contribution in [-0.2, 0) is 0 Å². The van der Waals surface area contributed by atoms with Crippen molar-refractivity contribution in [2.75, 3.05) is 0 Å². The van der Waals surface area contributed by atoms with Crippen molar-refractivity contribution in [1.29, 1.82) is 5.26 Å². The first-order chi connectivity index (χ1) is 8.36. The van der Waals surface area contributed by atoms with Crippen molar-refractivity contribution in [1.82, 2.24) is 4.98 Å². The zero-order valence-corrected chi connectivity index (χ0v) is 9.43. The SMILES string of the molecule is N#Cc1cccc(-c2ccnc(C3CC3)c2)c1. The van der Waals surface area contributed by atoms with Crippen LogP contribution in [0.2, 0.25) is 0 Å². The standard InChI is InChI=1S/C15H12N2/c16-10-11-2-1-3-13(8-11)14-6-7-17-15(9-14)12-4-5-12/h1-3,6-9,12H,4-5H2. The molecule has 82 valence electrons. The zero-order chi connectivity index (χ0) is 11.7. The lowest BCUT2D eigenvalue weighted by molar-refractivity contribution is 1.02. The van der Waals surface area contributed by atoms with Crippen molar-refractivity contribution in [3.8, 4) is 17.2 Å². The number of aromatic nitrogens is 1. The molecule has 1 aliphatic carbocycles. The van der Waals surface area contributed by atoms with Crippen LogP contribution >= 0.6 is 0 Å². The van der Waals surface area contributed by atoms with Gasteiger partial charge in [0.2, 0.25) is 0 Å². The van der Waals surface area contributed by atoms with Crippen molar-refractivity contribution in [2.45, 2.75) is 18.8 Å². The summed E-state index contributed by atoms with van der Waals surface area (Å²) >= 11 is 0. The number of nitrogens with zero attached hydrogens (tertiary/aromatic N) is 2. The van der Waals surface area contributed by atoms with Gasteiger partial charge in [-0.2, -0.15) is 5.26 Å². The number of pyridine rings is 1. The van der Waals surface area contributed by atoms with Gasteiger partial charge in [-0.3, -0.25) is 4.98 Å². The van der Waals surface area contributed by atoms with Crippen LogP contribution in [0, 0.1) is 11.3 Å². The average Bonchev–Trinajstić information content (AvgIpc) is 3.23. The fraction of sp³-hybridized carbons (Fsp3) is 0.200. The van der Waals surface area contributed by atoms with Gasteiger partial charge in [-0.25, -0.2) is 0 Å². The molecule has 0 saturated heterocycles. The summed E-state index contributed by atoms with van der Waals surface area (Å²) in [7, 11) is 0. The number of rotatable bonds is 2. The molecule has 0 atom stereocenters. The first-order valence-corrected chi connectivity index (χ1v) is 5.83. The quantitative estimate of drug-likeness (QED) is 0.776. The second-order valence-corrected chi connectivity index (χ2v) is 4.44. The molecule has 0 spiro atoms. The second-order valence-electron chi connectivity index (χ2n) is 4.44. The summed E-state index contributed by atoms with van der Waals surface area (Å²) in [5.74, 6) is 0.661. The van der Waals surface area contributed by atoms with Gasteiger partial charge in [-0.15, -0.1) is 0 Å². The molecular weight excluding hydrogens is 208 g/mol. The predicted molar refractivity (Wildman–Crippen MR) is 66.4 cm³/mol. The van der Waals surface area contributed by atoms with Crippen molar-refractivity contribution in [3.63, 3.8) is 0 Å². The van der Waals surface area contributed by atoms with E-state index in [1.165, 1.54) is 18.5 Å². The van der Waals surface area contributed by atoms with Gasteiger partial charge in [-0.1, -0.05) is 12.1 Å². The summed E-state index contributed by atoms with van der Waals surface area (Å²) in [5, 5.41) is 8.90. The highest BCUT2D eigenvalue weighted by Gasteiger charge is 2.24. The molecule has 0 unspecified atom stereocenters. The fourth-order valence-electron chi connectivity index (χ4n) is 2.00. The molecule has 2 nitrogen and oxygen atoms in total. The largest absolute Gasteiger partial charge is 0.261 e. The van der Waals surface area contributed by atoms with Gasteiger partial charge < -0.3 is 0 Å². The Labute approximate surface area is 101 Å². The Kier molecular flexibility index (Phi) is 2.38. The highest BCUT2D eigenvalue weighted by Crippen LogP contribution is 2.39. The first-order valence-electron chi connectivity index (χ1n) is 5.83. The Morgan fingerprint density at radius 1 is 1.12 bits per heavy atom. The molecule has 0 radical (unpaired) electrons. The number of benzene rings is 1. The lowest BCUT2D eigenvalue weighted by Gasteiger charge is -2.04. The van der Waals surface area contributed by atoms with Crippen molar-refractivity contribution < 1.29 is 0 Å². The maximum Gasteiger partial charge on any atom is 0.0991 e. The Morgan fingerprint density at radius 2 is 1.94 bits per heavy atom. The molecule has 2 heteroatoms. The van der Waals surface area contributed by atoms with E-state index < -0.39 is 0 Å². The predicted octanol–water partition coefficient (Wildman–Crippen LogP) is 3.50. The summed E-state index contributed by atoms with van der Waals surface area (Å²) in [5.41, 5.74) is 4.13. The van der Waals surface area contributed by atoms with E-state index in [-0.39, 0.29) is 0 Å². The fourth-order valence-corrected chi connectivity index (χ4v) is 2.00. The topological polar surface area (TPSA) is 36.7 Å². The summed E-state index contributed by atoms with van der Waals surface area (Å²) < 4.78 is 0. The maximum absolute atomic E-state index is 8.90. The van der Waals surface area contributed by atoms with E-state index in [9.17, 15) is 0 Å². The van der Waals surface area contributed by atoms with Crippen LogP contribution in [0.4, 0.5) is 0 Å². The highest BCUT2D eigenvalue weighted by molar-refractivity contribution is 5.65. The third kappa shape index (κ3) is 2.05. The van der Waals surface area contributed by atoms with Gasteiger partial charge in [0, 0.05) is 17.8 Å². The molecule has 2 aromatic rings. The van der Waals surface area contributed by atoms with E-state index in [1.807, 2.05) is 36.5 Å². The first kappa shape index (κ1) is 10.0. The van der Waals surface area contributed by atoms with E-state index >= 15 is 0 Å². The molecule has 17 heavy (non-hydrogen) atoms. The van der Waals surface area contributed by atoms with E-state index in [4.69, 9.17) is 5.26 Å². The van der Waals surface area contributed by atoms with Crippen LogP contribution in [0.15, 0.2) is 42.6 Å². The summed E-state index contributed by atoms with van der Waals surface area (Å²) in [6.45, 7) is 0. The molecule has 1 saturated carbocycles. The van der Waals surface area contributed by atoms with Gasteiger partial charge in [0.25, 0.3) is 0 Å². The van der Waals surface area contributed by atoms with Crippen molar-refractivity contribution in [2.24, 2.45) is 0 Å². The lowest BCUT2D eigenvalue weighted by atomic mass is 10.0. The van der Waals surface area contributed by atoms with E-state index in [0.29, 0.717) is 11.5 Å². The highest BCUT2D eigenvalue weighted by atomic mass is 14.7. The lowest BCUT2D eigenvalue weighted by Crippen LogP contribution is -1.87. The minimum atomic E-state index is 0.661. The molecule has 1 fully saturated rings. The molecular formula is C15H12N2. The summed E-state index contributed by atoms with van der Waals surface area (Å²) in [6.07, 6.45) is 4.38. The van der Waals surface area contributed by atoms with Gasteiger partial charge in [-0.05, 0) is 48.2 Å². The van der Waals surface area contributed by atoms with E-state index in [2.05, 4.69) is 17.1 Å². The molecule has 0 N–H and O–H groups in total. The number of nitriles is 1. The van der Waals surface area contributed by atoms with Crippen molar-refractivity contribution in [3.05, 3.63) is 53.9 Å². The Hall–Kier alpha value is -2.14. The molecule has 0 aliphatic heterocycles. The van der Waals surface area contributed by atoms with Crippen LogP contribution < -0.4 is 0 Å². The van der Waals surface area contributed by atoms with Crippen LogP contribution in [0.1, 0.15) is 30.0 Å². The minimum Gasteiger partial charge on any atom is -0.261 e. The van der Waals surface area contributed by atoms with Crippen molar-refractivity contribution >= 4 is 0 Å². The molecule has 0 amide bonds. The Morgan fingerprint density at radius 3 is 2.71 bits per heavy atom. The maximum atomic E-state index is 8.90. The van der Waals surface area contributed by atoms with E-state index in [1.54, 1.807) is 0 Å². The molecule has 3 rings (SSSR count). The average molecular weight is 220 g/mol. The monoisotopic (exact) mass is 220 g/mol. The summed E-state index contributed by atoms with van der Waals surface area (Å²) in [4.78, 5) is 4.40. The van der Waals surface area contributed by atoms with Crippen LogP contribution in [-0.4, -0.2) is 4.98 Å². The normalized spacial score (nSPS) is 14.3.